The van der Waals surface area contributed by atoms with E-state index in [0.29, 0.717) is 6.61 Å². The smallest absolute Gasteiger partial charge is 0.119 e. The van der Waals surface area contributed by atoms with Crippen molar-refractivity contribution in [3.05, 3.63) is 30.3 Å². The fraction of sp³-hybridized carbons (Fsp3) is 0.739. The van der Waals surface area contributed by atoms with Gasteiger partial charge in [0.1, 0.15) is 18.5 Å². The highest BCUT2D eigenvalue weighted by molar-refractivity contribution is 7.99. The summed E-state index contributed by atoms with van der Waals surface area (Å²) in [5.74, 6) is 3.11. The molecule has 1 atom stereocenters. The molecule has 1 aromatic rings. The number of hydrogen-bond acceptors (Lipinski definition) is 4. The molecule has 156 valence electrons. The van der Waals surface area contributed by atoms with E-state index in [-0.39, 0.29) is 6.10 Å². The standard InChI is InChI=1S/C23H41NO2S/c1-4-7-12-16-24(17-13-8-5-2)21-26-23(20-27-18-6-3)19-25-22-14-10-9-11-15-22/h9-11,14-15,23H,4-8,12-13,16-21H2,1-3H3. The van der Waals surface area contributed by atoms with Crippen LogP contribution in [-0.4, -0.2) is 48.9 Å². The van der Waals surface area contributed by atoms with E-state index in [4.69, 9.17) is 9.47 Å². The Labute approximate surface area is 172 Å². The Morgan fingerprint density at radius 1 is 0.889 bits per heavy atom. The maximum absolute atomic E-state index is 6.31. The van der Waals surface area contributed by atoms with Gasteiger partial charge in [0, 0.05) is 18.8 Å². The molecule has 0 saturated heterocycles. The van der Waals surface area contributed by atoms with Gasteiger partial charge in [0.15, 0.2) is 0 Å². The lowest BCUT2D eigenvalue weighted by atomic mass is 10.2. The van der Waals surface area contributed by atoms with E-state index in [2.05, 4.69) is 25.7 Å². The maximum atomic E-state index is 6.31. The fourth-order valence-electron chi connectivity index (χ4n) is 2.83. The summed E-state index contributed by atoms with van der Waals surface area (Å²) in [6.45, 7) is 10.4. The zero-order valence-corrected chi connectivity index (χ0v) is 18.6. The molecule has 0 bridgehead atoms. The van der Waals surface area contributed by atoms with Gasteiger partial charge in [-0.25, -0.2) is 0 Å². The number of nitrogens with zero attached hydrogens (tertiary/aromatic N) is 1. The molecule has 0 aliphatic rings. The van der Waals surface area contributed by atoms with Gasteiger partial charge in [-0.15, -0.1) is 0 Å². The Kier molecular flexibility index (Phi) is 15.7. The van der Waals surface area contributed by atoms with Crippen molar-refractivity contribution in [2.45, 2.75) is 71.8 Å². The normalized spacial score (nSPS) is 12.4. The van der Waals surface area contributed by atoms with Crippen molar-refractivity contribution in [3.63, 3.8) is 0 Å². The summed E-state index contributed by atoms with van der Waals surface area (Å²) in [7, 11) is 0. The monoisotopic (exact) mass is 395 g/mol. The van der Waals surface area contributed by atoms with Crippen molar-refractivity contribution in [1.29, 1.82) is 0 Å². The molecule has 0 amide bonds. The number of benzene rings is 1. The van der Waals surface area contributed by atoms with Crippen molar-refractivity contribution in [2.75, 3.05) is 37.9 Å². The number of thioether (sulfide) groups is 1. The predicted octanol–water partition coefficient (Wildman–Crippen LogP) is 6.23. The zero-order valence-electron chi connectivity index (χ0n) is 17.8. The van der Waals surface area contributed by atoms with Crippen LogP contribution in [0.2, 0.25) is 0 Å². The summed E-state index contributed by atoms with van der Waals surface area (Å²) in [5, 5.41) is 0. The van der Waals surface area contributed by atoms with E-state index < -0.39 is 0 Å². The second-order valence-corrected chi connectivity index (χ2v) is 8.30. The van der Waals surface area contributed by atoms with Crippen LogP contribution in [0.4, 0.5) is 0 Å². The molecule has 0 fully saturated rings. The molecule has 0 N–H and O–H groups in total. The summed E-state index contributed by atoms with van der Waals surface area (Å²) in [6.07, 6.45) is 9.02. The highest BCUT2D eigenvalue weighted by atomic mass is 32.2. The summed E-state index contributed by atoms with van der Waals surface area (Å²) in [5.41, 5.74) is 0. The van der Waals surface area contributed by atoms with Gasteiger partial charge in [-0.1, -0.05) is 64.7 Å². The quantitative estimate of drug-likeness (QED) is 0.217. The van der Waals surface area contributed by atoms with Crippen LogP contribution in [0.25, 0.3) is 0 Å². The number of ether oxygens (including phenoxy) is 2. The minimum atomic E-state index is 0.140. The second kappa shape index (κ2) is 17.4. The van der Waals surface area contributed by atoms with E-state index in [1.54, 1.807) is 0 Å². The van der Waals surface area contributed by atoms with Crippen molar-refractivity contribution in [2.24, 2.45) is 0 Å². The molecule has 0 aliphatic carbocycles. The SMILES string of the molecule is CCCCCN(CCCCC)COC(COc1ccccc1)CSCCC. The highest BCUT2D eigenvalue weighted by Crippen LogP contribution is 2.13. The maximum Gasteiger partial charge on any atom is 0.119 e. The second-order valence-electron chi connectivity index (χ2n) is 7.15. The van der Waals surface area contributed by atoms with Gasteiger partial charge in [0.2, 0.25) is 0 Å². The minimum Gasteiger partial charge on any atom is -0.491 e. The largest absolute Gasteiger partial charge is 0.491 e. The lowest BCUT2D eigenvalue weighted by Crippen LogP contribution is -2.34. The summed E-state index contributed by atoms with van der Waals surface area (Å²) >= 11 is 1.97. The van der Waals surface area contributed by atoms with Gasteiger partial charge in [0.05, 0.1) is 6.73 Å². The van der Waals surface area contributed by atoms with Gasteiger partial charge in [-0.2, -0.15) is 11.8 Å². The van der Waals surface area contributed by atoms with Crippen LogP contribution in [0, 0.1) is 0 Å². The average molecular weight is 396 g/mol. The van der Waals surface area contributed by atoms with Crippen LogP contribution in [0.5, 0.6) is 5.75 Å². The van der Waals surface area contributed by atoms with Crippen LogP contribution < -0.4 is 4.74 Å². The highest BCUT2D eigenvalue weighted by Gasteiger charge is 2.13. The summed E-state index contributed by atoms with van der Waals surface area (Å²) in [6, 6.07) is 10.1. The van der Waals surface area contributed by atoms with Gasteiger partial charge < -0.3 is 9.47 Å². The molecular weight excluding hydrogens is 354 g/mol. The van der Waals surface area contributed by atoms with Crippen molar-refractivity contribution in [3.8, 4) is 5.75 Å². The fourth-order valence-corrected chi connectivity index (χ4v) is 3.74. The van der Waals surface area contributed by atoms with Crippen molar-refractivity contribution >= 4 is 11.8 Å². The third kappa shape index (κ3) is 13.2. The molecule has 1 rings (SSSR count). The number of para-hydroxylation sites is 1. The Hall–Kier alpha value is -0.710. The number of unbranched alkanes of at least 4 members (excludes halogenated alkanes) is 4. The van der Waals surface area contributed by atoms with Crippen molar-refractivity contribution in [1.82, 2.24) is 4.90 Å². The van der Waals surface area contributed by atoms with Crippen LogP contribution in [0.15, 0.2) is 30.3 Å². The first-order valence-electron chi connectivity index (χ1n) is 10.9. The summed E-state index contributed by atoms with van der Waals surface area (Å²) in [4.78, 5) is 2.49. The first-order valence-corrected chi connectivity index (χ1v) is 12.0. The van der Waals surface area contributed by atoms with Crippen LogP contribution >= 0.6 is 11.8 Å². The molecule has 3 nitrogen and oxygen atoms in total. The van der Waals surface area contributed by atoms with Crippen molar-refractivity contribution < 1.29 is 9.47 Å². The predicted molar refractivity (Wildman–Crippen MR) is 120 cm³/mol. The zero-order chi connectivity index (χ0) is 19.6. The Morgan fingerprint density at radius 3 is 2.15 bits per heavy atom. The molecule has 4 heteroatoms. The van der Waals surface area contributed by atoms with E-state index in [1.165, 1.54) is 50.7 Å². The molecule has 0 spiro atoms. The number of hydrogen-bond donors (Lipinski definition) is 0. The molecular formula is C23H41NO2S. The lowest BCUT2D eigenvalue weighted by molar-refractivity contribution is -0.0307. The first-order chi connectivity index (χ1) is 13.3. The van der Waals surface area contributed by atoms with Gasteiger partial charge in [-0.3, -0.25) is 4.90 Å². The molecule has 0 aromatic heterocycles. The van der Waals surface area contributed by atoms with E-state index in [9.17, 15) is 0 Å². The molecule has 1 aromatic carbocycles. The Bertz CT molecular complexity index is 420. The molecule has 1 unspecified atom stereocenters. The van der Waals surface area contributed by atoms with Crippen LogP contribution in [-0.2, 0) is 4.74 Å². The molecule has 27 heavy (non-hydrogen) atoms. The van der Waals surface area contributed by atoms with Gasteiger partial charge in [0.25, 0.3) is 0 Å². The van der Waals surface area contributed by atoms with Crippen LogP contribution in [0.3, 0.4) is 0 Å². The van der Waals surface area contributed by atoms with Gasteiger partial charge in [-0.05, 0) is 37.1 Å². The van der Waals surface area contributed by atoms with E-state index in [1.807, 2.05) is 42.1 Å². The third-order valence-corrected chi connectivity index (χ3v) is 5.78. The first kappa shape index (κ1) is 24.3. The average Bonchev–Trinajstić information content (AvgIpc) is 2.70. The Morgan fingerprint density at radius 2 is 1.56 bits per heavy atom. The minimum absolute atomic E-state index is 0.140. The summed E-state index contributed by atoms with van der Waals surface area (Å²) < 4.78 is 12.3. The molecule has 0 radical (unpaired) electrons. The Balaban J connectivity index is 2.47. The topological polar surface area (TPSA) is 21.7 Å². The van der Waals surface area contributed by atoms with E-state index >= 15 is 0 Å². The van der Waals surface area contributed by atoms with Crippen LogP contribution in [0.1, 0.15) is 65.7 Å². The third-order valence-electron chi connectivity index (χ3n) is 4.48. The molecule has 0 saturated carbocycles. The van der Waals surface area contributed by atoms with Gasteiger partial charge >= 0.3 is 0 Å². The molecule has 0 heterocycles. The lowest BCUT2D eigenvalue weighted by Gasteiger charge is -2.26. The number of rotatable bonds is 18. The molecule has 0 aliphatic heterocycles. The van der Waals surface area contributed by atoms with E-state index in [0.717, 1.165) is 31.3 Å².